The third-order valence-electron chi connectivity index (χ3n) is 2.61. The number of nitrogens with zero attached hydrogens (tertiary/aromatic N) is 2. The molecule has 0 rings (SSSR count). The molecule has 5 nitrogen and oxygen atoms in total. The molecule has 0 radical (unpaired) electrons. The van der Waals surface area contributed by atoms with E-state index in [0.717, 1.165) is 12.8 Å². The van der Waals surface area contributed by atoms with Gasteiger partial charge in [-0.1, -0.05) is 20.3 Å². The smallest absolute Gasteiger partial charge is 0.326 e. The van der Waals surface area contributed by atoms with Crippen molar-refractivity contribution in [3.63, 3.8) is 0 Å². The van der Waals surface area contributed by atoms with Crippen molar-refractivity contribution >= 4 is 12.0 Å². The standard InChI is InChI=1S/C11H22N2O3/c1-5-7-8-12(3)11(16)13(4)9(6-2)10(14)15/h9H,5-8H2,1-4H3,(H,14,15). The van der Waals surface area contributed by atoms with Crippen LogP contribution in [-0.4, -0.2) is 53.6 Å². The number of carboxylic acid groups (broad SMARTS) is 1. The van der Waals surface area contributed by atoms with Crippen LogP contribution in [0.1, 0.15) is 33.1 Å². The van der Waals surface area contributed by atoms with E-state index >= 15 is 0 Å². The first-order valence-corrected chi connectivity index (χ1v) is 5.66. The van der Waals surface area contributed by atoms with Gasteiger partial charge in [0.2, 0.25) is 0 Å². The van der Waals surface area contributed by atoms with Gasteiger partial charge < -0.3 is 14.9 Å². The van der Waals surface area contributed by atoms with Gasteiger partial charge in [-0.3, -0.25) is 0 Å². The molecule has 0 saturated carbocycles. The van der Waals surface area contributed by atoms with Gasteiger partial charge in [0, 0.05) is 20.6 Å². The molecule has 0 saturated heterocycles. The molecule has 2 amide bonds. The molecule has 0 fully saturated rings. The molecule has 16 heavy (non-hydrogen) atoms. The van der Waals surface area contributed by atoms with Crippen molar-refractivity contribution in [3.05, 3.63) is 0 Å². The third kappa shape index (κ3) is 4.08. The average Bonchev–Trinajstić information content (AvgIpc) is 2.24. The maximum absolute atomic E-state index is 11.8. The molecule has 0 aliphatic carbocycles. The van der Waals surface area contributed by atoms with E-state index in [-0.39, 0.29) is 6.03 Å². The second-order valence-electron chi connectivity index (χ2n) is 3.93. The molecule has 1 N–H and O–H groups in total. The summed E-state index contributed by atoms with van der Waals surface area (Å²) in [6, 6.07) is -0.973. The van der Waals surface area contributed by atoms with Crippen LogP contribution < -0.4 is 0 Å². The SMILES string of the molecule is CCCCN(C)C(=O)N(C)C(CC)C(=O)O. The second kappa shape index (κ2) is 7.09. The summed E-state index contributed by atoms with van der Waals surface area (Å²) in [7, 11) is 3.23. The highest BCUT2D eigenvalue weighted by molar-refractivity contribution is 5.82. The molecule has 0 aromatic carbocycles. The van der Waals surface area contributed by atoms with Gasteiger partial charge in [-0.2, -0.15) is 0 Å². The lowest BCUT2D eigenvalue weighted by Gasteiger charge is -2.28. The minimum absolute atomic E-state index is 0.234. The quantitative estimate of drug-likeness (QED) is 0.754. The maximum Gasteiger partial charge on any atom is 0.326 e. The van der Waals surface area contributed by atoms with Crippen LogP contribution in [0.15, 0.2) is 0 Å². The van der Waals surface area contributed by atoms with Crippen molar-refractivity contribution in [2.75, 3.05) is 20.6 Å². The Morgan fingerprint density at radius 2 is 1.81 bits per heavy atom. The van der Waals surface area contributed by atoms with Crippen LogP contribution in [0.5, 0.6) is 0 Å². The van der Waals surface area contributed by atoms with Crippen molar-refractivity contribution in [2.45, 2.75) is 39.2 Å². The number of unbranched alkanes of at least 4 members (excludes halogenated alkanes) is 1. The molecular formula is C11H22N2O3. The second-order valence-corrected chi connectivity index (χ2v) is 3.93. The summed E-state index contributed by atoms with van der Waals surface area (Å²) in [5.74, 6) is -0.956. The Labute approximate surface area is 97.0 Å². The van der Waals surface area contributed by atoms with Gasteiger partial charge >= 0.3 is 12.0 Å². The Kier molecular flexibility index (Phi) is 6.53. The van der Waals surface area contributed by atoms with E-state index in [9.17, 15) is 9.59 Å². The highest BCUT2D eigenvalue weighted by atomic mass is 16.4. The van der Waals surface area contributed by atoms with Crippen LogP contribution >= 0.6 is 0 Å². The highest BCUT2D eigenvalue weighted by Crippen LogP contribution is 2.06. The zero-order chi connectivity index (χ0) is 12.7. The molecule has 0 spiro atoms. The first kappa shape index (κ1) is 14.7. The Morgan fingerprint density at radius 3 is 2.19 bits per heavy atom. The summed E-state index contributed by atoms with van der Waals surface area (Å²) in [6.07, 6.45) is 2.36. The van der Waals surface area contributed by atoms with Gasteiger partial charge in [-0.15, -0.1) is 0 Å². The molecule has 0 aromatic rings. The largest absolute Gasteiger partial charge is 0.480 e. The van der Waals surface area contributed by atoms with Crippen molar-refractivity contribution < 1.29 is 14.7 Å². The van der Waals surface area contributed by atoms with Crippen LogP contribution in [-0.2, 0) is 4.79 Å². The molecule has 0 aliphatic rings. The van der Waals surface area contributed by atoms with Crippen molar-refractivity contribution in [3.8, 4) is 0 Å². The van der Waals surface area contributed by atoms with Gasteiger partial charge in [-0.05, 0) is 12.8 Å². The molecule has 1 unspecified atom stereocenters. The molecular weight excluding hydrogens is 208 g/mol. The first-order chi connectivity index (χ1) is 7.45. The molecule has 0 aromatic heterocycles. The molecule has 1 atom stereocenters. The van der Waals surface area contributed by atoms with Gasteiger partial charge in [0.05, 0.1) is 0 Å². The number of carboxylic acids is 1. The number of carbonyl (C=O) groups excluding carboxylic acids is 1. The zero-order valence-corrected chi connectivity index (χ0v) is 10.6. The van der Waals surface area contributed by atoms with Crippen molar-refractivity contribution in [1.29, 1.82) is 0 Å². The minimum Gasteiger partial charge on any atom is -0.480 e. The number of hydrogen-bond acceptors (Lipinski definition) is 2. The Hall–Kier alpha value is -1.26. The predicted molar refractivity (Wildman–Crippen MR) is 62.4 cm³/mol. The summed E-state index contributed by atoms with van der Waals surface area (Å²) >= 11 is 0. The van der Waals surface area contributed by atoms with Gasteiger partial charge in [-0.25, -0.2) is 9.59 Å². The first-order valence-electron chi connectivity index (χ1n) is 5.66. The molecule has 0 heterocycles. The normalized spacial score (nSPS) is 12.0. The summed E-state index contributed by atoms with van der Waals surface area (Å²) in [4.78, 5) is 25.6. The van der Waals surface area contributed by atoms with E-state index in [4.69, 9.17) is 5.11 Å². The molecule has 0 aliphatic heterocycles. The van der Waals surface area contributed by atoms with Gasteiger partial charge in [0.25, 0.3) is 0 Å². The van der Waals surface area contributed by atoms with Crippen LogP contribution in [0.3, 0.4) is 0 Å². The summed E-state index contributed by atoms with van der Waals surface area (Å²) < 4.78 is 0. The van der Waals surface area contributed by atoms with Crippen molar-refractivity contribution in [1.82, 2.24) is 9.80 Å². The number of aliphatic carboxylic acids is 1. The van der Waals surface area contributed by atoms with Crippen LogP contribution in [0.4, 0.5) is 4.79 Å². The summed E-state index contributed by atoms with van der Waals surface area (Å²) in [5, 5.41) is 8.94. The summed E-state index contributed by atoms with van der Waals surface area (Å²) in [6.45, 7) is 4.47. The van der Waals surface area contributed by atoms with E-state index in [2.05, 4.69) is 0 Å². The lowest BCUT2D eigenvalue weighted by Crippen LogP contribution is -2.47. The number of hydrogen-bond donors (Lipinski definition) is 1. The van der Waals surface area contributed by atoms with E-state index in [1.807, 2.05) is 6.92 Å². The lowest BCUT2D eigenvalue weighted by atomic mass is 10.2. The molecule has 5 heteroatoms. The van der Waals surface area contributed by atoms with Gasteiger partial charge in [0.15, 0.2) is 0 Å². The number of urea groups is 1. The topological polar surface area (TPSA) is 60.9 Å². The monoisotopic (exact) mass is 230 g/mol. The Morgan fingerprint density at radius 1 is 1.25 bits per heavy atom. The maximum atomic E-state index is 11.8. The Bertz CT molecular complexity index is 243. The number of amides is 2. The fourth-order valence-electron chi connectivity index (χ4n) is 1.51. The predicted octanol–water partition coefficient (Wildman–Crippen LogP) is 1.63. The summed E-state index contributed by atoms with van der Waals surface area (Å²) in [5.41, 5.74) is 0. The van der Waals surface area contributed by atoms with Gasteiger partial charge in [0.1, 0.15) is 6.04 Å². The fraction of sp³-hybridized carbons (Fsp3) is 0.818. The van der Waals surface area contributed by atoms with Crippen LogP contribution in [0, 0.1) is 0 Å². The average molecular weight is 230 g/mol. The van der Waals surface area contributed by atoms with E-state index < -0.39 is 12.0 Å². The number of likely N-dealkylation sites (N-methyl/N-ethyl adjacent to an activating group) is 1. The number of carbonyl (C=O) groups is 2. The fourth-order valence-corrected chi connectivity index (χ4v) is 1.51. The minimum atomic E-state index is -0.956. The van der Waals surface area contributed by atoms with E-state index in [1.54, 1.807) is 18.9 Å². The van der Waals surface area contributed by atoms with E-state index in [1.165, 1.54) is 11.9 Å². The van der Waals surface area contributed by atoms with E-state index in [0.29, 0.717) is 13.0 Å². The molecule has 94 valence electrons. The molecule has 0 bridgehead atoms. The highest BCUT2D eigenvalue weighted by Gasteiger charge is 2.26. The van der Waals surface area contributed by atoms with Crippen LogP contribution in [0.2, 0.25) is 0 Å². The van der Waals surface area contributed by atoms with Crippen molar-refractivity contribution in [2.24, 2.45) is 0 Å². The van der Waals surface area contributed by atoms with Crippen LogP contribution in [0.25, 0.3) is 0 Å². The third-order valence-corrected chi connectivity index (χ3v) is 2.61. The zero-order valence-electron chi connectivity index (χ0n) is 10.6. The number of rotatable bonds is 6. The Balaban J connectivity index is 4.40. The lowest BCUT2D eigenvalue weighted by molar-refractivity contribution is -0.142.